The van der Waals surface area contributed by atoms with Crippen molar-refractivity contribution in [3.63, 3.8) is 0 Å². The highest BCUT2D eigenvalue weighted by Gasteiger charge is 2.16. The monoisotopic (exact) mass is 265 g/mol. The quantitative estimate of drug-likeness (QED) is 0.794. The number of hydrogen-bond acceptors (Lipinski definition) is 2. The van der Waals surface area contributed by atoms with E-state index in [9.17, 15) is 4.79 Å². The van der Waals surface area contributed by atoms with E-state index < -0.39 is 5.60 Å². The van der Waals surface area contributed by atoms with Crippen LogP contribution < -0.4 is 5.32 Å². The van der Waals surface area contributed by atoms with Gasteiger partial charge in [0.2, 0.25) is 0 Å². The largest absolute Gasteiger partial charge is 0.444 e. The van der Waals surface area contributed by atoms with Gasteiger partial charge in [0.25, 0.3) is 0 Å². The molecule has 0 radical (unpaired) electrons. The van der Waals surface area contributed by atoms with Gasteiger partial charge in [-0.1, -0.05) is 29.3 Å². The molecule has 0 rings (SSSR count). The second-order valence-corrected chi connectivity index (χ2v) is 4.96. The van der Waals surface area contributed by atoms with Gasteiger partial charge in [0.1, 0.15) is 5.60 Å². The molecule has 0 aromatic carbocycles. The fourth-order valence-corrected chi connectivity index (χ4v) is 1.54. The van der Waals surface area contributed by atoms with Crippen molar-refractivity contribution in [1.82, 2.24) is 5.32 Å². The van der Waals surface area contributed by atoms with E-state index in [2.05, 4.69) is 28.2 Å². The molecule has 1 atom stereocenters. The molecule has 4 heteroatoms. The molecule has 0 aliphatic heterocycles. The van der Waals surface area contributed by atoms with Gasteiger partial charge in [-0.05, 0) is 26.7 Å². The number of ether oxygens (including phenoxy) is 1. The zero-order valence-electron chi connectivity index (χ0n) is 9.39. The number of halogens is 1. The topological polar surface area (TPSA) is 38.3 Å². The Morgan fingerprint density at radius 2 is 2.07 bits per heavy atom. The van der Waals surface area contributed by atoms with Gasteiger partial charge in [-0.2, -0.15) is 0 Å². The Morgan fingerprint density at radius 3 is 2.43 bits per heavy atom. The van der Waals surface area contributed by atoms with E-state index in [4.69, 9.17) is 4.74 Å². The second kappa shape index (κ2) is 6.27. The normalized spacial score (nSPS) is 13.5. The summed E-state index contributed by atoms with van der Waals surface area (Å²) in [5.41, 5.74) is -0.416. The number of hydrogen-bond donors (Lipinski definition) is 1. The van der Waals surface area contributed by atoms with Crippen molar-refractivity contribution < 1.29 is 9.53 Å². The van der Waals surface area contributed by atoms with Crippen molar-refractivity contribution in [2.24, 2.45) is 5.92 Å². The van der Waals surface area contributed by atoms with Crippen LogP contribution in [-0.4, -0.2) is 23.6 Å². The molecule has 0 saturated carbocycles. The molecule has 0 saturated heterocycles. The molecular formula is C10H20BrNO2. The lowest BCUT2D eigenvalue weighted by atomic mass is 10.1. The maximum Gasteiger partial charge on any atom is 0.407 e. The number of amides is 1. The van der Waals surface area contributed by atoms with Crippen LogP contribution in [0.5, 0.6) is 0 Å². The van der Waals surface area contributed by atoms with Crippen LogP contribution in [0.3, 0.4) is 0 Å². The molecule has 1 amide bonds. The highest BCUT2D eigenvalue weighted by Crippen LogP contribution is 2.08. The molecule has 1 N–H and O–H groups in total. The van der Waals surface area contributed by atoms with Crippen LogP contribution in [0, 0.1) is 5.92 Å². The van der Waals surface area contributed by atoms with Crippen molar-refractivity contribution in [1.29, 1.82) is 0 Å². The summed E-state index contributed by atoms with van der Waals surface area (Å²) in [5.74, 6) is 0.475. The molecule has 0 aromatic rings. The van der Waals surface area contributed by atoms with Crippen molar-refractivity contribution in [2.45, 2.75) is 39.7 Å². The van der Waals surface area contributed by atoms with E-state index in [1.165, 1.54) is 0 Å². The van der Waals surface area contributed by atoms with E-state index in [0.29, 0.717) is 12.5 Å². The van der Waals surface area contributed by atoms with Gasteiger partial charge in [-0.15, -0.1) is 0 Å². The summed E-state index contributed by atoms with van der Waals surface area (Å²) in [7, 11) is 0. The van der Waals surface area contributed by atoms with Gasteiger partial charge in [-0.3, -0.25) is 0 Å². The van der Waals surface area contributed by atoms with Crippen LogP contribution in [0.25, 0.3) is 0 Å². The van der Waals surface area contributed by atoms with Crippen LogP contribution in [-0.2, 0) is 4.74 Å². The second-order valence-electron chi connectivity index (χ2n) is 4.31. The Hall–Kier alpha value is -0.250. The third kappa shape index (κ3) is 7.18. The summed E-state index contributed by atoms with van der Waals surface area (Å²) in [6, 6.07) is 0. The lowest BCUT2D eigenvalue weighted by Gasteiger charge is -2.20. The molecule has 0 aliphatic rings. The summed E-state index contributed by atoms with van der Waals surface area (Å²) in [6.07, 6.45) is 0.707. The Morgan fingerprint density at radius 1 is 1.50 bits per heavy atom. The molecule has 0 heterocycles. The number of alkyl carbamates (subject to hydrolysis) is 1. The van der Waals surface area contributed by atoms with Gasteiger partial charge in [0.05, 0.1) is 0 Å². The molecule has 0 fully saturated rings. The Labute approximate surface area is 94.7 Å². The highest BCUT2D eigenvalue weighted by molar-refractivity contribution is 9.09. The first-order valence-electron chi connectivity index (χ1n) is 4.92. The molecule has 0 aliphatic carbocycles. The zero-order chi connectivity index (χ0) is 11.2. The molecule has 0 bridgehead atoms. The third-order valence-corrected chi connectivity index (χ3v) is 2.65. The highest BCUT2D eigenvalue weighted by atomic mass is 79.9. The van der Waals surface area contributed by atoms with Gasteiger partial charge in [0, 0.05) is 11.9 Å². The van der Waals surface area contributed by atoms with Gasteiger partial charge < -0.3 is 10.1 Å². The molecule has 14 heavy (non-hydrogen) atoms. The predicted molar refractivity (Wildman–Crippen MR) is 61.8 cm³/mol. The number of carbonyl (C=O) groups is 1. The van der Waals surface area contributed by atoms with Crippen LogP contribution in [0.1, 0.15) is 34.1 Å². The average molecular weight is 266 g/mol. The van der Waals surface area contributed by atoms with Gasteiger partial charge in [-0.25, -0.2) is 4.79 Å². The standard InChI is InChI=1S/C10H20BrNO2/c1-5-8(6-11)7-12-9(13)14-10(2,3)4/h8H,5-7H2,1-4H3,(H,12,13). The SMILES string of the molecule is CCC(CBr)CNC(=O)OC(C)(C)C. The zero-order valence-corrected chi connectivity index (χ0v) is 11.0. The van der Waals surface area contributed by atoms with E-state index >= 15 is 0 Å². The fraction of sp³-hybridized carbons (Fsp3) is 0.900. The maximum absolute atomic E-state index is 11.2. The first-order valence-corrected chi connectivity index (χ1v) is 6.04. The Kier molecular flexibility index (Phi) is 6.16. The van der Waals surface area contributed by atoms with Crippen LogP contribution >= 0.6 is 15.9 Å². The third-order valence-electron chi connectivity index (χ3n) is 1.73. The van der Waals surface area contributed by atoms with E-state index in [-0.39, 0.29) is 6.09 Å². The number of rotatable bonds is 4. The number of carbonyl (C=O) groups excluding carboxylic acids is 1. The summed E-state index contributed by atoms with van der Waals surface area (Å²) in [4.78, 5) is 11.2. The summed E-state index contributed by atoms with van der Waals surface area (Å²) in [6.45, 7) is 8.33. The van der Waals surface area contributed by atoms with Crippen LogP contribution in [0.15, 0.2) is 0 Å². The fourth-order valence-electron chi connectivity index (χ4n) is 0.850. The molecule has 1 unspecified atom stereocenters. The van der Waals surface area contributed by atoms with Gasteiger partial charge >= 0.3 is 6.09 Å². The maximum atomic E-state index is 11.2. The van der Waals surface area contributed by atoms with E-state index in [1.807, 2.05) is 20.8 Å². The average Bonchev–Trinajstić information content (AvgIpc) is 2.03. The minimum absolute atomic E-state index is 0.336. The minimum Gasteiger partial charge on any atom is -0.444 e. The first kappa shape index (κ1) is 13.8. The lowest BCUT2D eigenvalue weighted by molar-refractivity contribution is 0.0520. The summed E-state index contributed by atoms with van der Waals surface area (Å²) in [5, 5.41) is 3.65. The summed E-state index contributed by atoms with van der Waals surface area (Å²) >= 11 is 3.40. The molecular weight excluding hydrogens is 246 g/mol. The molecule has 84 valence electrons. The van der Waals surface area contributed by atoms with Crippen LogP contribution in [0.4, 0.5) is 4.79 Å². The Bertz CT molecular complexity index is 173. The van der Waals surface area contributed by atoms with Crippen molar-refractivity contribution in [3.05, 3.63) is 0 Å². The molecule has 0 aromatic heterocycles. The Balaban J connectivity index is 3.74. The minimum atomic E-state index is -0.416. The predicted octanol–water partition coefficient (Wildman–Crippen LogP) is 2.93. The van der Waals surface area contributed by atoms with E-state index in [1.54, 1.807) is 0 Å². The van der Waals surface area contributed by atoms with Crippen LogP contribution in [0.2, 0.25) is 0 Å². The van der Waals surface area contributed by atoms with Crippen molar-refractivity contribution >= 4 is 22.0 Å². The summed E-state index contributed by atoms with van der Waals surface area (Å²) < 4.78 is 5.11. The lowest BCUT2D eigenvalue weighted by Crippen LogP contribution is -2.35. The molecule has 3 nitrogen and oxygen atoms in total. The van der Waals surface area contributed by atoms with Crippen molar-refractivity contribution in [2.75, 3.05) is 11.9 Å². The first-order chi connectivity index (χ1) is 6.39. The number of alkyl halides is 1. The molecule has 0 spiro atoms. The van der Waals surface area contributed by atoms with Gasteiger partial charge in [0.15, 0.2) is 0 Å². The van der Waals surface area contributed by atoms with Crippen molar-refractivity contribution in [3.8, 4) is 0 Å². The number of nitrogens with one attached hydrogen (secondary N) is 1. The smallest absolute Gasteiger partial charge is 0.407 e. The van der Waals surface area contributed by atoms with E-state index in [0.717, 1.165) is 11.8 Å².